The van der Waals surface area contributed by atoms with Gasteiger partial charge in [0.2, 0.25) is 0 Å². The first-order valence-corrected chi connectivity index (χ1v) is 6.95. The van der Waals surface area contributed by atoms with Crippen molar-refractivity contribution in [2.24, 2.45) is 0 Å². The van der Waals surface area contributed by atoms with Crippen molar-refractivity contribution in [1.82, 2.24) is 0 Å². The summed E-state index contributed by atoms with van der Waals surface area (Å²) in [5.41, 5.74) is 5.64. The standard InChI is InChI=1S/C18H16O/c1-2-14-4-3-13(1)5-7-15-9-10-16(8-6-14)18-12-19-11-17(15)18/h1-4,9-12H,5-8H2. The number of furan rings is 1. The molecule has 4 aliphatic rings. The summed E-state index contributed by atoms with van der Waals surface area (Å²) in [7, 11) is 0. The Morgan fingerprint density at radius 1 is 0.579 bits per heavy atom. The number of hydrogen-bond acceptors (Lipinski definition) is 1. The van der Waals surface area contributed by atoms with Crippen LogP contribution in [0.15, 0.2) is 53.3 Å². The minimum atomic E-state index is 1.08. The van der Waals surface area contributed by atoms with Crippen LogP contribution in [0.3, 0.4) is 0 Å². The summed E-state index contributed by atoms with van der Waals surface area (Å²) in [6.45, 7) is 0. The maximum Gasteiger partial charge on any atom is 0.0984 e. The van der Waals surface area contributed by atoms with Gasteiger partial charge in [-0.15, -0.1) is 0 Å². The van der Waals surface area contributed by atoms with Crippen LogP contribution in [0.4, 0.5) is 0 Å². The third kappa shape index (κ3) is 1.86. The second-order valence-electron chi connectivity index (χ2n) is 5.40. The molecule has 0 fully saturated rings. The van der Waals surface area contributed by atoms with E-state index in [4.69, 9.17) is 4.42 Å². The van der Waals surface area contributed by atoms with E-state index in [0.717, 1.165) is 25.7 Å². The van der Waals surface area contributed by atoms with E-state index in [0.29, 0.717) is 0 Å². The molecule has 0 radical (unpaired) electrons. The third-order valence-corrected chi connectivity index (χ3v) is 4.23. The van der Waals surface area contributed by atoms with Crippen molar-refractivity contribution >= 4 is 10.8 Å². The summed E-state index contributed by atoms with van der Waals surface area (Å²) in [6.07, 6.45) is 8.16. The molecule has 0 amide bonds. The molecule has 7 rings (SSSR count). The first-order chi connectivity index (χ1) is 9.40. The Bertz CT molecular complexity index is 658. The fourth-order valence-electron chi connectivity index (χ4n) is 3.04. The fraction of sp³-hybridized carbons (Fsp3) is 0.222. The van der Waals surface area contributed by atoms with Crippen LogP contribution in [0, 0.1) is 0 Å². The van der Waals surface area contributed by atoms with Gasteiger partial charge in [0, 0.05) is 10.8 Å². The highest BCUT2D eigenvalue weighted by molar-refractivity contribution is 5.87. The van der Waals surface area contributed by atoms with Gasteiger partial charge in [0.15, 0.2) is 0 Å². The first-order valence-electron chi connectivity index (χ1n) is 6.95. The molecular weight excluding hydrogens is 232 g/mol. The molecule has 0 spiro atoms. The Balaban J connectivity index is 1.88. The van der Waals surface area contributed by atoms with E-state index in [2.05, 4.69) is 36.4 Å². The zero-order chi connectivity index (χ0) is 12.7. The van der Waals surface area contributed by atoms with E-state index in [1.54, 1.807) is 0 Å². The van der Waals surface area contributed by atoms with Gasteiger partial charge in [-0.3, -0.25) is 0 Å². The highest BCUT2D eigenvalue weighted by Gasteiger charge is 2.10. The second kappa shape index (κ2) is 4.27. The van der Waals surface area contributed by atoms with Gasteiger partial charge in [-0.1, -0.05) is 36.4 Å². The van der Waals surface area contributed by atoms with Gasteiger partial charge in [-0.05, 0) is 47.9 Å². The molecule has 0 atom stereocenters. The fourth-order valence-corrected chi connectivity index (χ4v) is 3.04. The summed E-state index contributed by atoms with van der Waals surface area (Å²) in [5.74, 6) is 0. The van der Waals surface area contributed by atoms with Crippen LogP contribution in [-0.2, 0) is 25.7 Å². The zero-order valence-corrected chi connectivity index (χ0v) is 10.9. The quantitative estimate of drug-likeness (QED) is 0.577. The van der Waals surface area contributed by atoms with E-state index >= 15 is 0 Å². The SMILES string of the molecule is c1cc2ccc1CCc1ccc(c3cocc13)CC2. The lowest BCUT2D eigenvalue weighted by Gasteiger charge is -2.11. The Hall–Kier alpha value is -2.02. The van der Waals surface area contributed by atoms with Gasteiger partial charge in [0.25, 0.3) is 0 Å². The van der Waals surface area contributed by atoms with Gasteiger partial charge in [-0.2, -0.15) is 0 Å². The number of benzene rings is 2. The molecule has 0 aliphatic heterocycles. The molecule has 3 aromatic rings. The van der Waals surface area contributed by atoms with E-state index in [9.17, 15) is 0 Å². The smallest absolute Gasteiger partial charge is 0.0984 e. The van der Waals surface area contributed by atoms with Gasteiger partial charge >= 0.3 is 0 Å². The van der Waals surface area contributed by atoms with Crippen molar-refractivity contribution in [2.75, 3.05) is 0 Å². The first kappa shape index (κ1) is 10.9. The van der Waals surface area contributed by atoms with Crippen molar-refractivity contribution in [2.45, 2.75) is 25.7 Å². The lowest BCUT2D eigenvalue weighted by molar-refractivity contribution is 0.572. The number of hydrogen-bond donors (Lipinski definition) is 0. The third-order valence-electron chi connectivity index (χ3n) is 4.23. The zero-order valence-electron chi connectivity index (χ0n) is 10.9. The van der Waals surface area contributed by atoms with Gasteiger partial charge < -0.3 is 4.42 Å². The van der Waals surface area contributed by atoms with E-state index in [-0.39, 0.29) is 0 Å². The highest BCUT2D eigenvalue weighted by Crippen LogP contribution is 2.27. The summed E-state index contributed by atoms with van der Waals surface area (Å²) in [5, 5.41) is 2.60. The van der Waals surface area contributed by atoms with E-state index in [1.807, 2.05) is 12.5 Å². The predicted molar refractivity (Wildman–Crippen MR) is 77.5 cm³/mol. The summed E-state index contributed by atoms with van der Waals surface area (Å²) in [4.78, 5) is 0. The largest absolute Gasteiger partial charge is 0.471 e. The Labute approximate surface area is 112 Å². The van der Waals surface area contributed by atoms with E-state index in [1.165, 1.54) is 33.0 Å². The van der Waals surface area contributed by atoms with Crippen LogP contribution < -0.4 is 0 Å². The Morgan fingerprint density at radius 2 is 1.05 bits per heavy atom. The number of aryl methyl sites for hydroxylation is 4. The number of rotatable bonds is 0. The van der Waals surface area contributed by atoms with Crippen LogP contribution in [0.5, 0.6) is 0 Å². The molecular formula is C18H16O. The molecule has 94 valence electrons. The lowest BCUT2D eigenvalue weighted by atomic mass is 9.93. The lowest BCUT2D eigenvalue weighted by Crippen LogP contribution is -1.98. The predicted octanol–water partition coefficient (Wildman–Crippen LogP) is 4.32. The van der Waals surface area contributed by atoms with Gasteiger partial charge in [-0.25, -0.2) is 0 Å². The molecule has 0 N–H and O–H groups in total. The minimum Gasteiger partial charge on any atom is -0.471 e. The maximum atomic E-state index is 5.45. The average molecular weight is 248 g/mol. The molecule has 1 heterocycles. The second-order valence-corrected chi connectivity index (χ2v) is 5.40. The van der Waals surface area contributed by atoms with Crippen LogP contribution in [-0.4, -0.2) is 0 Å². The molecule has 1 heteroatoms. The maximum absolute atomic E-state index is 5.45. The van der Waals surface area contributed by atoms with Crippen molar-refractivity contribution in [3.05, 3.63) is 71.2 Å². The molecule has 0 unspecified atom stereocenters. The summed E-state index contributed by atoms with van der Waals surface area (Å²) in [6, 6.07) is 13.7. The van der Waals surface area contributed by atoms with Gasteiger partial charge in [0.05, 0.1) is 12.5 Å². The van der Waals surface area contributed by atoms with Crippen LogP contribution >= 0.6 is 0 Å². The average Bonchev–Trinajstić information content (AvgIpc) is 2.91. The van der Waals surface area contributed by atoms with Crippen LogP contribution in [0.25, 0.3) is 10.8 Å². The molecule has 1 nitrogen and oxygen atoms in total. The molecule has 0 saturated carbocycles. The molecule has 4 bridgehead atoms. The normalized spacial score (nSPS) is 14.5. The molecule has 1 aromatic heterocycles. The summed E-state index contributed by atoms with van der Waals surface area (Å²) >= 11 is 0. The monoisotopic (exact) mass is 248 g/mol. The highest BCUT2D eigenvalue weighted by atomic mass is 16.3. The van der Waals surface area contributed by atoms with Crippen molar-refractivity contribution in [1.29, 1.82) is 0 Å². The van der Waals surface area contributed by atoms with Crippen LogP contribution in [0.1, 0.15) is 22.3 Å². The Kier molecular flexibility index (Phi) is 2.44. The van der Waals surface area contributed by atoms with Crippen LogP contribution in [0.2, 0.25) is 0 Å². The van der Waals surface area contributed by atoms with Crippen molar-refractivity contribution in [3.8, 4) is 0 Å². The van der Waals surface area contributed by atoms with Crippen molar-refractivity contribution in [3.63, 3.8) is 0 Å². The molecule has 19 heavy (non-hydrogen) atoms. The minimum absolute atomic E-state index is 1.08. The molecule has 4 aliphatic carbocycles. The van der Waals surface area contributed by atoms with Gasteiger partial charge in [0.1, 0.15) is 0 Å². The summed E-state index contributed by atoms with van der Waals surface area (Å²) < 4.78 is 5.45. The van der Waals surface area contributed by atoms with E-state index < -0.39 is 0 Å². The molecule has 0 saturated heterocycles. The van der Waals surface area contributed by atoms with Crippen molar-refractivity contribution < 1.29 is 4.42 Å². The topological polar surface area (TPSA) is 13.1 Å². The molecule has 2 aromatic carbocycles. The Morgan fingerprint density at radius 3 is 1.53 bits per heavy atom.